The molecule has 0 aliphatic heterocycles. The van der Waals surface area contributed by atoms with Crippen molar-refractivity contribution in [2.75, 3.05) is 11.1 Å². The van der Waals surface area contributed by atoms with E-state index in [4.69, 9.17) is 5.73 Å². The number of halogens is 6. The molecule has 166 valence electrons. The number of hydrogen-bond acceptors (Lipinski definition) is 6. The van der Waals surface area contributed by atoms with Crippen LogP contribution in [0.2, 0.25) is 0 Å². The number of rotatable bonds is 4. The molecule has 0 fully saturated rings. The SMILES string of the molecule is Cc1nc2c(F)cc(F)cc2n1-c1nc(N)c(F)c(Nc2ccc(OC(F)(F)F)cc2)n1. The number of nitrogens with two attached hydrogens (primary N) is 1. The number of nitrogens with one attached hydrogen (secondary N) is 1. The van der Waals surface area contributed by atoms with Gasteiger partial charge in [-0.05, 0) is 31.2 Å². The fourth-order valence-electron chi connectivity index (χ4n) is 2.98. The standard InChI is InChI=1S/C19H12F6N6O/c1-8-27-15-12(21)6-9(20)7-13(15)31(8)18-29-16(26)14(22)17(30-18)28-10-2-4-11(5-3-10)32-19(23,24)25/h2-7H,1H3,(H3,26,28,29,30). The summed E-state index contributed by atoms with van der Waals surface area (Å²) in [7, 11) is 0. The van der Waals surface area contributed by atoms with Crippen LogP contribution in [0.25, 0.3) is 17.0 Å². The Balaban J connectivity index is 1.74. The zero-order chi connectivity index (χ0) is 23.2. The second kappa shape index (κ2) is 7.59. The minimum atomic E-state index is -4.86. The number of imidazole rings is 1. The maximum absolute atomic E-state index is 14.5. The molecule has 2 heterocycles. The van der Waals surface area contributed by atoms with Crippen molar-refractivity contribution in [1.82, 2.24) is 19.5 Å². The van der Waals surface area contributed by atoms with Crippen LogP contribution in [0.5, 0.6) is 5.75 Å². The first-order valence-electron chi connectivity index (χ1n) is 8.82. The Hall–Kier alpha value is -4.03. The van der Waals surface area contributed by atoms with E-state index in [0.717, 1.165) is 18.2 Å². The molecule has 0 bridgehead atoms. The molecule has 4 rings (SSSR count). The first kappa shape index (κ1) is 21.2. The van der Waals surface area contributed by atoms with E-state index >= 15 is 0 Å². The van der Waals surface area contributed by atoms with E-state index in [0.29, 0.717) is 6.07 Å². The van der Waals surface area contributed by atoms with Gasteiger partial charge in [0.05, 0.1) is 5.52 Å². The Morgan fingerprint density at radius 1 is 1.00 bits per heavy atom. The molecular weight excluding hydrogens is 442 g/mol. The molecule has 0 saturated heterocycles. The number of benzene rings is 2. The van der Waals surface area contributed by atoms with Crippen LogP contribution < -0.4 is 15.8 Å². The van der Waals surface area contributed by atoms with Gasteiger partial charge in [-0.3, -0.25) is 4.57 Å². The number of ether oxygens (including phenoxy) is 1. The lowest BCUT2D eigenvalue weighted by molar-refractivity contribution is -0.274. The summed E-state index contributed by atoms with van der Waals surface area (Å²) in [6, 6.07) is 6.09. The van der Waals surface area contributed by atoms with E-state index in [2.05, 4.69) is 25.0 Å². The monoisotopic (exact) mass is 454 g/mol. The molecule has 0 unspecified atom stereocenters. The van der Waals surface area contributed by atoms with Gasteiger partial charge in [-0.2, -0.15) is 14.4 Å². The van der Waals surface area contributed by atoms with Crippen molar-refractivity contribution in [2.45, 2.75) is 13.3 Å². The van der Waals surface area contributed by atoms with Crippen LogP contribution in [0.15, 0.2) is 36.4 Å². The average Bonchev–Trinajstić information content (AvgIpc) is 3.02. The van der Waals surface area contributed by atoms with Gasteiger partial charge in [-0.1, -0.05) is 0 Å². The number of anilines is 3. The summed E-state index contributed by atoms with van der Waals surface area (Å²) < 4.78 is 84.2. The Labute approximate surface area is 175 Å². The van der Waals surface area contributed by atoms with E-state index in [-0.39, 0.29) is 28.5 Å². The van der Waals surface area contributed by atoms with Crippen molar-refractivity contribution in [1.29, 1.82) is 0 Å². The van der Waals surface area contributed by atoms with Gasteiger partial charge in [0, 0.05) is 17.8 Å². The fraction of sp³-hybridized carbons (Fsp3) is 0.105. The summed E-state index contributed by atoms with van der Waals surface area (Å²) in [6.07, 6.45) is -4.86. The lowest BCUT2D eigenvalue weighted by Crippen LogP contribution is -2.17. The number of nitrogen functional groups attached to an aromatic ring is 1. The first-order chi connectivity index (χ1) is 15.0. The van der Waals surface area contributed by atoms with Crippen LogP contribution >= 0.6 is 0 Å². The van der Waals surface area contributed by atoms with E-state index in [9.17, 15) is 26.3 Å². The topological polar surface area (TPSA) is 90.9 Å². The summed E-state index contributed by atoms with van der Waals surface area (Å²) in [5.74, 6) is -4.34. The molecule has 0 saturated carbocycles. The smallest absolute Gasteiger partial charge is 0.406 e. The second-order valence-corrected chi connectivity index (χ2v) is 6.52. The highest BCUT2D eigenvalue weighted by Gasteiger charge is 2.31. The molecule has 0 aliphatic rings. The summed E-state index contributed by atoms with van der Waals surface area (Å²) in [5, 5.41) is 2.57. The molecule has 7 nitrogen and oxygen atoms in total. The third-order valence-electron chi connectivity index (χ3n) is 4.26. The third-order valence-corrected chi connectivity index (χ3v) is 4.26. The molecule has 0 atom stereocenters. The van der Waals surface area contributed by atoms with Crippen molar-refractivity contribution < 1.29 is 31.1 Å². The van der Waals surface area contributed by atoms with E-state index in [1.165, 1.54) is 23.6 Å². The van der Waals surface area contributed by atoms with Gasteiger partial charge in [0.25, 0.3) is 0 Å². The van der Waals surface area contributed by atoms with Gasteiger partial charge >= 0.3 is 6.36 Å². The normalized spacial score (nSPS) is 11.7. The molecule has 0 amide bonds. The summed E-state index contributed by atoms with van der Waals surface area (Å²) in [4.78, 5) is 11.9. The minimum Gasteiger partial charge on any atom is -0.406 e. The maximum atomic E-state index is 14.5. The predicted molar refractivity (Wildman–Crippen MR) is 102 cm³/mol. The number of alkyl halides is 3. The van der Waals surface area contributed by atoms with Gasteiger partial charge in [0.1, 0.15) is 22.9 Å². The Kier molecular flexibility index (Phi) is 5.03. The number of fused-ring (bicyclic) bond motifs is 1. The lowest BCUT2D eigenvalue weighted by Gasteiger charge is -2.13. The quantitative estimate of drug-likeness (QED) is 0.432. The summed E-state index contributed by atoms with van der Waals surface area (Å²) >= 11 is 0. The van der Waals surface area contributed by atoms with Crippen LogP contribution in [0.1, 0.15) is 5.82 Å². The number of aromatic nitrogens is 4. The van der Waals surface area contributed by atoms with Crippen molar-refractivity contribution in [3.8, 4) is 11.7 Å². The molecular formula is C19H12F6N6O. The fourth-order valence-corrected chi connectivity index (χ4v) is 2.98. The van der Waals surface area contributed by atoms with Crippen molar-refractivity contribution in [3.05, 3.63) is 59.7 Å². The minimum absolute atomic E-state index is 0.00869. The zero-order valence-corrected chi connectivity index (χ0v) is 16.0. The number of hydrogen-bond donors (Lipinski definition) is 2. The largest absolute Gasteiger partial charge is 0.573 e. The Bertz CT molecular complexity index is 1320. The Morgan fingerprint density at radius 2 is 1.69 bits per heavy atom. The Morgan fingerprint density at radius 3 is 2.34 bits per heavy atom. The molecule has 13 heteroatoms. The maximum Gasteiger partial charge on any atom is 0.573 e. The molecule has 0 spiro atoms. The predicted octanol–water partition coefficient (Wildman–Crippen LogP) is 4.77. The molecule has 4 aromatic rings. The zero-order valence-electron chi connectivity index (χ0n) is 16.0. The first-order valence-corrected chi connectivity index (χ1v) is 8.82. The highest BCUT2D eigenvalue weighted by atomic mass is 19.4. The molecule has 2 aromatic carbocycles. The van der Waals surface area contributed by atoms with Crippen LogP contribution in [0.3, 0.4) is 0 Å². The molecule has 3 N–H and O–H groups in total. The third kappa shape index (κ3) is 4.08. The highest BCUT2D eigenvalue weighted by Crippen LogP contribution is 2.28. The second-order valence-electron chi connectivity index (χ2n) is 6.52. The van der Waals surface area contributed by atoms with Gasteiger partial charge in [0.2, 0.25) is 11.8 Å². The highest BCUT2D eigenvalue weighted by molar-refractivity contribution is 5.78. The summed E-state index contributed by atoms with van der Waals surface area (Å²) in [6.45, 7) is 1.48. The number of aryl methyl sites for hydroxylation is 1. The average molecular weight is 454 g/mol. The van der Waals surface area contributed by atoms with E-state index in [1.807, 2.05) is 0 Å². The van der Waals surface area contributed by atoms with Gasteiger partial charge < -0.3 is 15.8 Å². The van der Waals surface area contributed by atoms with Crippen LogP contribution in [0.4, 0.5) is 43.7 Å². The molecule has 0 radical (unpaired) electrons. The van der Waals surface area contributed by atoms with E-state index in [1.54, 1.807) is 0 Å². The van der Waals surface area contributed by atoms with Gasteiger partial charge in [-0.15, -0.1) is 13.2 Å². The van der Waals surface area contributed by atoms with Crippen LogP contribution in [-0.2, 0) is 0 Å². The summed E-state index contributed by atoms with van der Waals surface area (Å²) in [5.41, 5.74) is 5.64. The molecule has 0 aliphatic carbocycles. The van der Waals surface area contributed by atoms with Crippen molar-refractivity contribution >= 4 is 28.4 Å². The van der Waals surface area contributed by atoms with Crippen molar-refractivity contribution in [3.63, 3.8) is 0 Å². The number of nitrogens with zero attached hydrogens (tertiary/aromatic N) is 4. The van der Waals surface area contributed by atoms with Gasteiger partial charge in [0.15, 0.2) is 17.5 Å². The van der Waals surface area contributed by atoms with Crippen LogP contribution in [-0.4, -0.2) is 25.9 Å². The van der Waals surface area contributed by atoms with Crippen molar-refractivity contribution in [2.24, 2.45) is 0 Å². The van der Waals surface area contributed by atoms with E-state index < -0.39 is 41.2 Å². The molecule has 32 heavy (non-hydrogen) atoms. The molecule has 2 aromatic heterocycles. The van der Waals surface area contributed by atoms with Crippen LogP contribution in [0, 0.1) is 24.4 Å². The van der Waals surface area contributed by atoms with Gasteiger partial charge in [-0.25, -0.2) is 13.8 Å². The lowest BCUT2D eigenvalue weighted by atomic mass is 10.3.